The van der Waals surface area contributed by atoms with E-state index in [1.807, 2.05) is 4.90 Å². The lowest BCUT2D eigenvalue weighted by molar-refractivity contribution is 0.0536. The van der Waals surface area contributed by atoms with Gasteiger partial charge in [0, 0.05) is 31.7 Å². The molecule has 1 atom stereocenters. The van der Waals surface area contributed by atoms with Gasteiger partial charge in [0.15, 0.2) is 0 Å². The number of hydrogen-bond donors (Lipinski definition) is 2. The Kier molecular flexibility index (Phi) is 3.33. The average molecular weight is 237 g/mol. The first-order valence-corrected chi connectivity index (χ1v) is 5.92. The summed E-state index contributed by atoms with van der Waals surface area (Å²) in [5.41, 5.74) is 5.97. The van der Waals surface area contributed by atoms with Crippen molar-refractivity contribution < 1.29 is 4.79 Å². The maximum Gasteiger partial charge on any atom is 0.272 e. The molecule has 2 rings (SSSR count). The van der Waals surface area contributed by atoms with Crippen LogP contribution in [0.1, 0.15) is 23.8 Å². The van der Waals surface area contributed by atoms with Crippen molar-refractivity contribution in [3.8, 4) is 0 Å². The second-order valence-electron chi connectivity index (χ2n) is 4.50. The van der Waals surface area contributed by atoms with Gasteiger partial charge < -0.3 is 10.6 Å². The molecular formula is C11H19N5O. The molecule has 1 aromatic heterocycles. The highest BCUT2D eigenvalue weighted by Gasteiger charge is 2.27. The van der Waals surface area contributed by atoms with Crippen molar-refractivity contribution in [3.05, 3.63) is 11.8 Å². The summed E-state index contributed by atoms with van der Waals surface area (Å²) in [5, 5.41) is 6.45. The lowest BCUT2D eigenvalue weighted by atomic mass is 10.1. The monoisotopic (exact) mass is 237 g/mol. The smallest absolute Gasteiger partial charge is 0.272 e. The molecule has 0 radical (unpaired) electrons. The maximum absolute atomic E-state index is 12.2. The minimum absolute atomic E-state index is 0.0132. The fourth-order valence-corrected chi connectivity index (χ4v) is 2.19. The van der Waals surface area contributed by atoms with Crippen molar-refractivity contribution in [3.63, 3.8) is 0 Å². The normalized spacial score (nSPS) is 21.8. The third-order valence-electron chi connectivity index (χ3n) is 3.36. The van der Waals surface area contributed by atoms with Crippen LogP contribution >= 0.6 is 0 Å². The van der Waals surface area contributed by atoms with Crippen LogP contribution in [0.4, 0.5) is 5.82 Å². The molecule has 3 N–H and O–H groups in total. The molecule has 0 spiro atoms. The average Bonchev–Trinajstić information content (AvgIpc) is 2.75. The third-order valence-corrected chi connectivity index (χ3v) is 3.36. The van der Waals surface area contributed by atoms with Crippen LogP contribution in [-0.4, -0.2) is 58.6 Å². The molecule has 1 aliphatic heterocycles. The van der Waals surface area contributed by atoms with Gasteiger partial charge in [-0.3, -0.25) is 14.8 Å². The summed E-state index contributed by atoms with van der Waals surface area (Å²) in [6, 6.07) is 2.02. The van der Waals surface area contributed by atoms with Crippen LogP contribution in [0.2, 0.25) is 0 Å². The summed E-state index contributed by atoms with van der Waals surface area (Å²) in [6.45, 7) is 4.58. The van der Waals surface area contributed by atoms with Gasteiger partial charge in [-0.05, 0) is 13.5 Å². The molecule has 0 saturated carbocycles. The van der Waals surface area contributed by atoms with E-state index < -0.39 is 0 Å². The number of rotatable bonds is 2. The fraction of sp³-hybridized carbons (Fsp3) is 0.636. The van der Waals surface area contributed by atoms with Crippen LogP contribution in [0.3, 0.4) is 0 Å². The second-order valence-corrected chi connectivity index (χ2v) is 4.50. The van der Waals surface area contributed by atoms with Gasteiger partial charge in [-0.2, -0.15) is 5.10 Å². The Labute approximate surface area is 101 Å². The van der Waals surface area contributed by atoms with Gasteiger partial charge in [0.05, 0.1) is 0 Å². The van der Waals surface area contributed by atoms with Crippen LogP contribution in [0.25, 0.3) is 0 Å². The zero-order valence-corrected chi connectivity index (χ0v) is 10.3. The van der Waals surface area contributed by atoms with E-state index in [0.29, 0.717) is 17.6 Å². The number of nitrogens with two attached hydrogens (primary N) is 1. The Morgan fingerprint density at radius 1 is 1.65 bits per heavy atom. The molecular weight excluding hydrogens is 218 g/mol. The Hall–Kier alpha value is -1.56. The van der Waals surface area contributed by atoms with Gasteiger partial charge in [0.2, 0.25) is 0 Å². The molecule has 6 heteroatoms. The number of H-pyrrole nitrogens is 1. The van der Waals surface area contributed by atoms with Crippen molar-refractivity contribution in [2.75, 3.05) is 32.4 Å². The Balaban J connectivity index is 2.05. The summed E-state index contributed by atoms with van der Waals surface area (Å²) in [7, 11) is 2.10. The molecule has 1 fully saturated rings. The highest BCUT2D eigenvalue weighted by Crippen LogP contribution is 2.13. The molecule has 1 saturated heterocycles. The molecule has 0 aliphatic carbocycles. The number of aromatic nitrogens is 2. The van der Waals surface area contributed by atoms with Gasteiger partial charge >= 0.3 is 0 Å². The number of nitrogen functional groups attached to an aromatic ring is 1. The quantitative estimate of drug-likeness (QED) is 0.768. The number of nitrogens with one attached hydrogen (secondary N) is 1. The first kappa shape index (κ1) is 11.9. The van der Waals surface area contributed by atoms with E-state index in [0.717, 1.165) is 26.1 Å². The minimum atomic E-state index is -0.0132. The molecule has 6 nitrogen and oxygen atoms in total. The zero-order chi connectivity index (χ0) is 12.4. The largest absolute Gasteiger partial charge is 0.382 e. The fourth-order valence-electron chi connectivity index (χ4n) is 2.19. The topological polar surface area (TPSA) is 78.2 Å². The van der Waals surface area contributed by atoms with Gasteiger partial charge in [-0.25, -0.2) is 0 Å². The number of nitrogens with zero attached hydrogens (tertiary/aromatic N) is 3. The lowest BCUT2D eigenvalue weighted by Gasteiger charge is -2.38. The van der Waals surface area contributed by atoms with Crippen LogP contribution < -0.4 is 5.73 Å². The summed E-state index contributed by atoms with van der Waals surface area (Å²) in [4.78, 5) is 16.3. The van der Waals surface area contributed by atoms with E-state index in [2.05, 4.69) is 29.1 Å². The Bertz CT molecular complexity index is 402. The number of amides is 1. The second kappa shape index (κ2) is 4.75. The first-order chi connectivity index (χ1) is 8.11. The van der Waals surface area contributed by atoms with Gasteiger partial charge in [0.25, 0.3) is 5.91 Å². The Morgan fingerprint density at radius 2 is 2.41 bits per heavy atom. The molecule has 0 bridgehead atoms. The molecule has 0 aromatic carbocycles. The first-order valence-electron chi connectivity index (χ1n) is 5.92. The predicted octanol–water partition coefficient (Wildman–Crippen LogP) is 0.158. The summed E-state index contributed by atoms with van der Waals surface area (Å²) < 4.78 is 0. The number of aromatic amines is 1. The van der Waals surface area contributed by atoms with E-state index in [9.17, 15) is 4.79 Å². The lowest BCUT2D eigenvalue weighted by Crippen LogP contribution is -2.53. The van der Waals surface area contributed by atoms with E-state index in [1.54, 1.807) is 6.07 Å². The maximum atomic E-state index is 12.2. The number of piperazine rings is 1. The van der Waals surface area contributed by atoms with Crippen molar-refractivity contribution in [2.45, 2.75) is 19.4 Å². The summed E-state index contributed by atoms with van der Waals surface area (Å²) in [6.07, 6.45) is 1.05. The Morgan fingerprint density at radius 3 is 3.00 bits per heavy atom. The van der Waals surface area contributed by atoms with Crippen molar-refractivity contribution in [1.82, 2.24) is 20.0 Å². The van der Waals surface area contributed by atoms with E-state index >= 15 is 0 Å². The van der Waals surface area contributed by atoms with Crippen molar-refractivity contribution in [1.29, 1.82) is 0 Å². The van der Waals surface area contributed by atoms with Crippen LogP contribution in [0.5, 0.6) is 0 Å². The van der Waals surface area contributed by atoms with Crippen molar-refractivity contribution in [2.24, 2.45) is 0 Å². The molecule has 1 aliphatic rings. The molecule has 17 heavy (non-hydrogen) atoms. The molecule has 1 aromatic rings. The molecule has 1 unspecified atom stereocenters. The highest BCUT2D eigenvalue weighted by molar-refractivity contribution is 5.93. The number of carbonyl (C=O) groups is 1. The summed E-state index contributed by atoms with van der Waals surface area (Å²) >= 11 is 0. The number of hydrogen-bond acceptors (Lipinski definition) is 4. The zero-order valence-electron chi connectivity index (χ0n) is 10.3. The highest BCUT2D eigenvalue weighted by atomic mass is 16.2. The van der Waals surface area contributed by atoms with Crippen LogP contribution in [-0.2, 0) is 0 Å². The van der Waals surface area contributed by atoms with Crippen molar-refractivity contribution >= 4 is 11.7 Å². The number of carbonyl (C=O) groups excluding carboxylic acids is 1. The van der Waals surface area contributed by atoms with Crippen LogP contribution in [0, 0.1) is 0 Å². The van der Waals surface area contributed by atoms with E-state index in [1.165, 1.54) is 0 Å². The predicted molar refractivity (Wildman–Crippen MR) is 65.6 cm³/mol. The van der Waals surface area contributed by atoms with Crippen LogP contribution in [0.15, 0.2) is 6.07 Å². The SMILES string of the molecule is CCC1CN(C(=O)c2cc(N)n[nH]2)CCN1C. The third kappa shape index (κ3) is 2.41. The van der Waals surface area contributed by atoms with E-state index in [4.69, 9.17) is 5.73 Å². The summed E-state index contributed by atoms with van der Waals surface area (Å²) in [5.74, 6) is 0.343. The molecule has 1 amide bonds. The molecule has 2 heterocycles. The van der Waals surface area contributed by atoms with Gasteiger partial charge in [-0.1, -0.05) is 6.92 Å². The molecule has 94 valence electrons. The number of anilines is 1. The van der Waals surface area contributed by atoms with Gasteiger partial charge in [0.1, 0.15) is 11.5 Å². The standard InChI is InChI=1S/C11H19N5O/c1-3-8-7-16(5-4-15(8)2)11(17)9-6-10(12)14-13-9/h6,8H,3-5,7H2,1-2H3,(H3,12,13,14). The van der Waals surface area contributed by atoms with Gasteiger partial charge in [-0.15, -0.1) is 0 Å². The van der Waals surface area contributed by atoms with E-state index in [-0.39, 0.29) is 5.91 Å². The minimum Gasteiger partial charge on any atom is -0.382 e. The number of likely N-dealkylation sites (N-methyl/N-ethyl adjacent to an activating group) is 1.